The molecule has 0 bridgehead atoms. The van der Waals surface area contributed by atoms with Crippen LogP contribution in [0.15, 0.2) is 47.1 Å². The molecule has 3 N–H and O–H groups in total. The summed E-state index contributed by atoms with van der Waals surface area (Å²) in [4.78, 5) is 4.41. The van der Waals surface area contributed by atoms with Crippen LogP contribution in [0.5, 0.6) is 0 Å². The fourth-order valence-electron chi connectivity index (χ4n) is 2.16. The van der Waals surface area contributed by atoms with Crippen LogP contribution in [0.25, 0.3) is 0 Å². The SMILES string of the molecule is CCCc1cccc(C(NN)c2ncccc2Br)c1. The van der Waals surface area contributed by atoms with Crippen molar-refractivity contribution < 1.29 is 0 Å². The van der Waals surface area contributed by atoms with Crippen LogP contribution < -0.4 is 11.3 Å². The van der Waals surface area contributed by atoms with Crippen LogP contribution in [0.3, 0.4) is 0 Å². The summed E-state index contributed by atoms with van der Waals surface area (Å²) in [6.07, 6.45) is 3.99. The highest BCUT2D eigenvalue weighted by molar-refractivity contribution is 9.10. The zero-order chi connectivity index (χ0) is 13.7. The number of hydrazine groups is 1. The Labute approximate surface area is 122 Å². The van der Waals surface area contributed by atoms with Gasteiger partial charge in [0.15, 0.2) is 0 Å². The molecule has 2 aromatic rings. The lowest BCUT2D eigenvalue weighted by atomic mass is 9.99. The van der Waals surface area contributed by atoms with Crippen LogP contribution in [0.4, 0.5) is 0 Å². The van der Waals surface area contributed by atoms with E-state index in [-0.39, 0.29) is 6.04 Å². The number of pyridine rings is 1. The number of benzene rings is 1. The summed E-state index contributed by atoms with van der Waals surface area (Å²) in [6.45, 7) is 2.18. The minimum atomic E-state index is -0.104. The number of hydrogen-bond donors (Lipinski definition) is 2. The first-order chi connectivity index (χ1) is 9.26. The van der Waals surface area contributed by atoms with E-state index in [2.05, 4.69) is 57.5 Å². The maximum Gasteiger partial charge on any atom is 0.0893 e. The summed E-state index contributed by atoms with van der Waals surface area (Å²) >= 11 is 3.53. The van der Waals surface area contributed by atoms with E-state index in [0.29, 0.717) is 0 Å². The molecular formula is C15H18BrN3. The van der Waals surface area contributed by atoms with Crippen LogP contribution in [0.1, 0.15) is 36.2 Å². The van der Waals surface area contributed by atoms with Crippen molar-refractivity contribution in [3.63, 3.8) is 0 Å². The number of halogens is 1. The Bertz CT molecular complexity index is 542. The van der Waals surface area contributed by atoms with Crippen LogP contribution in [-0.2, 0) is 6.42 Å². The molecule has 19 heavy (non-hydrogen) atoms. The molecule has 1 aromatic heterocycles. The first-order valence-corrected chi connectivity index (χ1v) is 7.21. The van der Waals surface area contributed by atoms with E-state index in [1.54, 1.807) is 6.20 Å². The number of nitrogens with one attached hydrogen (secondary N) is 1. The smallest absolute Gasteiger partial charge is 0.0893 e. The van der Waals surface area contributed by atoms with Crippen molar-refractivity contribution in [2.24, 2.45) is 5.84 Å². The summed E-state index contributed by atoms with van der Waals surface area (Å²) in [5, 5.41) is 0. The molecule has 0 saturated carbocycles. The largest absolute Gasteiger partial charge is 0.271 e. The molecule has 0 saturated heterocycles. The Balaban J connectivity index is 2.37. The van der Waals surface area contributed by atoms with Gasteiger partial charge in [0.25, 0.3) is 0 Å². The van der Waals surface area contributed by atoms with Crippen LogP contribution in [0, 0.1) is 0 Å². The van der Waals surface area contributed by atoms with Crippen LogP contribution in [-0.4, -0.2) is 4.98 Å². The van der Waals surface area contributed by atoms with E-state index in [0.717, 1.165) is 28.6 Å². The van der Waals surface area contributed by atoms with E-state index in [1.165, 1.54) is 5.56 Å². The molecule has 0 spiro atoms. The number of nitrogens with two attached hydrogens (primary N) is 1. The zero-order valence-electron chi connectivity index (χ0n) is 10.9. The molecule has 2 rings (SSSR count). The molecule has 0 radical (unpaired) electrons. The molecule has 100 valence electrons. The molecule has 0 aliphatic carbocycles. The Hall–Kier alpha value is -1.23. The fraction of sp³-hybridized carbons (Fsp3) is 0.267. The van der Waals surface area contributed by atoms with Gasteiger partial charge in [-0.2, -0.15) is 0 Å². The van der Waals surface area contributed by atoms with E-state index >= 15 is 0 Å². The Morgan fingerprint density at radius 1 is 1.32 bits per heavy atom. The highest BCUT2D eigenvalue weighted by atomic mass is 79.9. The van der Waals surface area contributed by atoms with E-state index < -0.39 is 0 Å². The van der Waals surface area contributed by atoms with E-state index in [9.17, 15) is 0 Å². The molecule has 0 amide bonds. The predicted molar refractivity (Wildman–Crippen MR) is 81.5 cm³/mol. The number of aromatic nitrogens is 1. The monoisotopic (exact) mass is 319 g/mol. The van der Waals surface area contributed by atoms with Crippen LogP contribution in [0.2, 0.25) is 0 Å². The van der Waals surface area contributed by atoms with Gasteiger partial charge in [0.05, 0.1) is 11.7 Å². The third-order valence-corrected chi connectivity index (χ3v) is 3.72. The van der Waals surface area contributed by atoms with Crippen molar-refractivity contribution in [1.29, 1.82) is 0 Å². The molecule has 1 heterocycles. The molecule has 0 aliphatic heterocycles. The first-order valence-electron chi connectivity index (χ1n) is 6.41. The average Bonchev–Trinajstić information content (AvgIpc) is 2.43. The van der Waals surface area contributed by atoms with Gasteiger partial charge < -0.3 is 0 Å². The van der Waals surface area contributed by atoms with Crippen molar-refractivity contribution in [2.45, 2.75) is 25.8 Å². The van der Waals surface area contributed by atoms with Gasteiger partial charge in [0.2, 0.25) is 0 Å². The second-order valence-corrected chi connectivity index (χ2v) is 5.32. The molecule has 0 aliphatic rings. The minimum Gasteiger partial charge on any atom is -0.271 e. The summed E-state index contributed by atoms with van der Waals surface area (Å²) in [5.74, 6) is 5.72. The Morgan fingerprint density at radius 3 is 2.84 bits per heavy atom. The number of hydrogen-bond acceptors (Lipinski definition) is 3. The quantitative estimate of drug-likeness (QED) is 0.656. The molecule has 4 heteroatoms. The first kappa shape index (κ1) is 14.2. The fourth-order valence-corrected chi connectivity index (χ4v) is 2.64. The molecule has 0 fully saturated rings. The third kappa shape index (κ3) is 3.41. The second-order valence-electron chi connectivity index (χ2n) is 4.47. The van der Waals surface area contributed by atoms with Gasteiger partial charge in [0, 0.05) is 10.7 Å². The van der Waals surface area contributed by atoms with Crippen LogP contribution >= 0.6 is 15.9 Å². The summed E-state index contributed by atoms with van der Waals surface area (Å²) in [7, 11) is 0. The maximum absolute atomic E-state index is 5.72. The standard InChI is InChI=1S/C15H18BrN3/c1-2-5-11-6-3-7-12(10-11)14(19-17)15-13(16)8-4-9-18-15/h3-4,6-10,14,19H,2,5,17H2,1H3. The topological polar surface area (TPSA) is 50.9 Å². The molecular weight excluding hydrogens is 302 g/mol. The Kier molecular flexibility index (Phi) is 5.07. The lowest BCUT2D eigenvalue weighted by molar-refractivity contribution is 0.617. The number of nitrogens with zero attached hydrogens (tertiary/aromatic N) is 1. The van der Waals surface area contributed by atoms with Crippen molar-refractivity contribution in [2.75, 3.05) is 0 Å². The molecule has 1 unspecified atom stereocenters. The minimum absolute atomic E-state index is 0.104. The van der Waals surface area contributed by atoms with Gasteiger partial charge >= 0.3 is 0 Å². The van der Waals surface area contributed by atoms with Gasteiger partial charge in [-0.25, -0.2) is 5.43 Å². The highest BCUT2D eigenvalue weighted by Crippen LogP contribution is 2.26. The normalized spacial score (nSPS) is 12.4. The lowest BCUT2D eigenvalue weighted by Crippen LogP contribution is -2.29. The molecule has 1 atom stereocenters. The maximum atomic E-state index is 5.72. The lowest BCUT2D eigenvalue weighted by Gasteiger charge is -2.18. The zero-order valence-corrected chi connectivity index (χ0v) is 12.5. The van der Waals surface area contributed by atoms with Gasteiger partial charge in [-0.1, -0.05) is 37.6 Å². The number of rotatable bonds is 5. The summed E-state index contributed by atoms with van der Waals surface area (Å²) in [6, 6.07) is 12.2. The van der Waals surface area contributed by atoms with Gasteiger partial charge in [0.1, 0.15) is 0 Å². The average molecular weight is 320 g/mol. The van der Waals surface area contributed by atoms with Gasteiger partial charge in [-0.05, 0) is 45.6 Å². The molecule has 1 aromatic carbocycles. The third-order valence-electron chi connectivity index (χ3n) is 3.05. The summed E-state index contributed by atoms with van der Waals surface area (Å²) < 4.78 is 0.957. The van der Waals surface area contributed by atoms with Gasteiger partial charge in [-0.15, -0.1) is 0 Å². The number of aryl methyl sites for hydroxylation is 1. The summed E-state index contributed by atoms with van der Waals surface area (Å²) in [5.41, 5.74) is 6.21. The Morgan fingerprint density at radius 2 is 2.16 bits per heavy atom. The van der Waals surface area contributed by atoms with Gasteiger partial charge in [-0.3, -0.25) is 10.8 Å². The van der Waals surface area contributed by atoms with Crippen molar-refractivity contribution in [1.82, 2.24) is 10.4 Å². The second kappa shape index (κ2) is 6.80. The predicted octanol–water partition coefficient (Wildman–Crippen LogP) is 3.35. The highest BCUT2D eigenvalue weighted by Gasteiger charge is 2.16. The molecule has 3 nitrogen and oxygen atoms in total. The van der Waals surface area contributed by atoms with E-state index in [4.69, 9.17) is 5.84 Å². The van der Waals surface area contributed by atoms with Crippen molar-refractivity contribution in [3.05, 3.63) is 63.9 Å². The van der Waals surface area contributed by atoms with Crippen molar-refractivity contribution in [3.8, 4) is 0 Å². The van der Waals surface area contributed by atoms with Crippen molar-refractivity contribution >= 4 is 15.9 Å². The van der Waals surface area contributed by atoms with E-state index in [1.807, 2.05) is 12.1 Å².